The summed E-state index contributed by atoms with van der Waals surface area (Å²) in [4.78, 5) is 21.1. The van der Waals surface area contributed by atoms with E-state index in [1.165, 1.54) is 26.2 Å². The maximum absolute atomic E-state index is 11.1. The summed E-state index contributed by atoms with van der Waals surface area (Å²) in [6.45, 7) is 1.34. The molecule has 0 bridgehead atoms. The van der Waals surface area contributed by atoms with Gasteiger partial charge in [-0.3, -0.25) is 14.9 Å². The number of rotatable bonds is 3. The first-order chi connectivity index (χ1) is 6.97. The number of nitro benzene ring substituents is 1. The van der Waals surface area contributed by atoms with Gasteiger partial charge in [0, 0.05) is 5.56 Å². The molecule has 0 fully saturated rings. The summed E-state index contributed by atoms with van der Waals surface area (Å²) in [5.74, 6) is -0.247. The minimum Gasteiger partial charge on any atom is -0.490 e. The number of hydrogen-bond acceptors (Lipinski definition) is 4. The second kappa shape index (κ2) is 4.27. The Morgan fingerprint density at radius 3 is 2.53 bits per heavy atom. The molecule has 0 unspecified atom stereocenters. The highest BCUT2D eigenvalue weighted by atomic mass is 35.5. The second-order valence-corrected chi connectivity index (χ2v) is 3.23. The van der Waals surface area contributed by atoms with Crippen LogP contribution in [0.3, 0.4) is 0 Å². The minimum absolute atomic E-state index is 0.0160. The Hall–Kier alpha value is -1.62. The first-order valence-corrected chi connectivity index (χ1v) is 4.38. The Labute approximate surface area is 90.8 Å². The highest BCUT2D eigenvalue weighted by molar-refractivity contribution is 6.33. The molecule has 0 heterocycles. The second-order valence-electron chi connectivity index (χ2n) is 2.82. The van der Waals surface area contributed by atoms with Crippen molar-refractivity contribution in [3.8, 4) is 5.75 Å². The molecule has 5 nitrogen and oxygen atoms in total. The van der Waals surface area contributed by atoms with E-state index in [1.54, 1.807) is 0 Å². The number of benzene rings is 1. The van der Waals surface area contributed by atoms with Crippen molar-refractivity contribution in [3.63, 3.8) is 0 Å². The van der Waals surface area contributed by atoms with Gasteiger partial charge in [-0.25, -0.2) is 0 Å². The van der Waals surface area contributed by atoms with Gasteiger partial charge in [0.25, 0.3) is 0 Å². The van der Waals surface area contributed by atoms with Crippen molar-refractivity contribution in [1.29, 1.82) is 0 Å². The van der Waals surface area contributed by atoms with Gasteiger partial charge in [-0.05, 0) is 19.1 Å². The molecule has 1 aromatic rings. The molecule has 0 saturated carbocycles. The number of methoxy groups -OCH3 is 1. The van der Waals surface area contributed by atoms with Crippen molar-refractivity contribution in [1.82, 2.24) is 0 Å². The van der Waals surface area contributed by atoms with Crippen molar-refractivity contribution in [3.05, 3.63) is 32.8 Å². The Balaban J connectivity index is 3.43. The molecule has 15 heavy (non-hydrogen) atoms. The van der Waals surface area contributed by atoms with Crippen LogP contribution in [0, 0.1) is 10.1 Å². The molecule has 0 amide bonds. The van der Waals surface area contributed by atoms with Gasteiger partial charge in [-0.15, -0.1) is 0 Å². The van der Waals surface area contributed by atoms with Crippen LogP contribution < -0.4 is 4.74 Å². The highest BCUT2D eigenvalue weighted by Crippen LogP contribution is 2.35. The summed E-state index contributed by atoms with van der Waals surface area (Å²) < 4.78 is 4.80. The number of nitrogens with zero attached hydrogens (tertiary/aromatic N) is 1. The Kier molecular flexibility index (Phi) is 3.26. The van der Waals surface area contributed by atoms with Crippen LogP contribution in [0.4, 0.5) is 5.69 Å². The standard InChI is InChI=1S/C9H8ClNO4/c1-5(12)6-3-7(10)9(11(13)14)8(4-6)15-2/h3-4H,1-2H3. The fourth-order valence-electron chi connectivity index (χ4n) is 1.11. The lowest BCUT2D eigenvalue weighted by Gasteiger charge is -2.04. The molecule has 0 N–H and O–H groups in total. The van der Waals surface area contributed by atoms with Gasteiger partial charge in [0.15, 0.2) is 11.5 Å². The summed E-state index contributed by atoms with van der Waals surface area (Å²) >= 11 is 5.68. The molecular weight excluding hydrogens is 222 g/mol. The molecule has 80 valence electrons. The maximum atomic E-state index is 11.1. The number of nitro groups is 1. The van der Waals surface area contributed by atoms with Crippen LogP contribution in [-0.2, 0) is 0 Å². The molecule has 6 heteroatoms. The van der Waals surface area contributed by atoms with Crippen LogP contribution >= 0.6 is 11.6 Å². The van der Waals surface area contributed by atoms with Crippen LogP contribution in [-0.4, -0.2) is 17.8 Å². The first kappa shape index (κ1) is 11.5. The van der Waals surface area contributed by atoms with Gasteiger partial charge < -0.3 is 4.74 Å². The van der Waals surface area contributed by atoms with E-state index in [0.717, 1.165) is 0 Å². The third-order valence-corrected chi connectivity index (χ3v) is 2.13. The third kappa shape index (κ3) is 2.24. The van der Waals surface area contributed by atoms with E-state index in [-0.39, 0.29) is 27.8 Å². The number of carbonyl (C=O) groups excluding carboxylic acids is 1. The van der Waals surface area contributed by atoms with Crippen molar-refractivity contribution < 1.29 is 14.5 Å². The molecular formula is C9H8ClNO4. The average molecular weight is 230 g/mol. The number of Topliss-reactive ketones (excluding diaryl/α,β-unsaturated/α-hetero) is 1. The van der Waals surface area contributed by atoms with Crippen molar-refractivity contribution in [2.75, 3.05) is 7.11 Å². The van der Waals surface area contributed by atoms with Gasteiger partial charge >= 0.3 is 5.69 Å². The molecule has 1 rings (SSSR count). The van der Waals surface area contributed by atoms with Gasteiger partial charge in [0.05, 0.1) is 12.0 Å². The Morgan fingerprint density at radius 2 is 2.13 bits per heavy atom. The van der Waals surface area contributed by atoms with E-state index in [9.17, 15) is 14.9 Å². The molecule has 0 spiro atoms. The number of ether oxygens (including phenoxy) is 1. The van der Waals surface area contributed by atoms with E-state index < -0.39 is 4.92 Å². The van der Waals surface area contributed by atoms with Crippen LogP contribution in [0.25, 0.3) is 0 Å². The predicted molar refractivity (Wildman–Crippen MR) is 54.7 cm³/mol. The molecule has 0 aliphatic carbocycles. The monoisotopic (exact) mass is 229 g/mol. The van der Waals surface area contributed by atoms with Gasteiger partial charge in [-0.2, -0.15) is 0 Å². The third-order valence-electron chi connectivity index (χ3n) is 1.84. The zero-order chi connectivity index (χ0) is 11.6. The quantitative estimate of drug-likeness (QED) is 0.454. The largest absolute Gasteiger partial charge is 0.490 e. The molecule has 0 aliphatic heterocycles. The molecule has 0 aromatic heterocycles. The fourth-order valence-corrected chi connectivity index (χ4v) is 1.39. The molecule has 0 radical (unpaired) electrons. The lowest BCUT2D eigenvalue weighted by atomic mass is 10.1. The lowest BCUT2D eigenvalue weighted by Crippen LogP contribution is -1.99. The SMILES string of the molecule is COc1cc(C(C)=O)cc(Cl)c1[N+](=O)[O-]. The Morgan fingerprint density at radius 1 is 1.53 bits per heavy atom. The smallest absolute Gasteiger partial charge is 0.329 e. The lowest BCUT2D eigenvalue weighted by molar-refractivity contribution is -0.385. The number of carbonyl (C=O) groups is 1. The zero-order valence-electron chi connectivity index (χ0n) is 8.11. The van der Waals surface area contributed by atoms with E-state index in [2.05, 4.69) is 0 Å². The maximum Gasteiger partial charge on any atom is 0.329 e. The number of halogens is 1. The summed E-state index contributed by atoms with van der Waals surface area (Å²) in [5.41, 5.74) is -0.0494. The van der Waals surface area contributed by atoms with Gasteiger partial charge in [0.2, 0.25) is 0 Å². The first-order valence-electron chi connectivity index (χ1n) is 4.00. The molecule has 0 atom stereocenters. The average Bonchev–Trinajstić information content (AvgIpc) is 2.15. The van der Waals surface area contributed by atoms with Crippen molar-refractivity contribution >= 4 is 23.1 Å². The summed E-state index contributed by atoms with van der Waals surface area (Å²) in [6.07, 6.45) is 0. The van der Waals surface area contributed by atoms with E-state index in [4.69, 9.17) is 16.3 Å². The van der Waals surface area contributed by atoms with Crippen molar-refractivity contribution in [2.45, 2.75) is 6.92 Å². The van der Waals surface area contributed by atoms with Crippen LogP contribution in [0.1, 0.15) is 17.3 Å². The number of hydrogen-bond donors (Lipinski definition) is 0. The predicted octanol–water partition coefficient (Wildman–Crippen LogP) is 2.46. The highest BCUT2D eigenvalue weighted by Gasteiger charge is 2.21. The Bertz CT molecular complexity index is 430. The topological polar surface area (TPSA) is 69.4 Å². The number of ketones is 1. The summed E-state index contributed by atoms with van der Waals surface area (Å²) in [7, 11) is 1.28. The fraction of sp³-hybridized carbons (Fsp3) is 0.222. The van der Waals surface area contributed by atoms with Gasteiger partial charge in [-0.1, -0.05) is 11.6 Å². The molecule has 1 aromatic carbocycles. The summed E-state index contributed by atoms with van der Waals surface area (Å²) in [5, 5.41) is 10.5. The van der Waals surface area contributed by atoms with E-state index >= 15 is 0 Å². The minimum atomic E-state index is -0.648. The van der Waals surface area contributed by atoms with Gasteiger partial charge in [0.1, 0.15) is 5.02 Å². The van der Waals surface area contributed by atoms with Crippen LogP contribution in [0.2, 0.25) is 5.02 Å². The van der Waals surface area contributed by atoms with Crippen LogP contribution in [0.5, 0.6) is 5.75 Å². The normalized spacial score (nSPS) is 9.80. The van der Waals surface area contributed by atoms with E-state index in [0.29, 0.717) is 0 Å². The summed E-state index contributed by atoms with van der Waals surface area (Å²) in [6, 6.07) is 2.55. The van der Waals surface area contributed by atoms with E-state index in [1.807, 2.05) is 0 Å². The van der Waals surface area contributed by atoms with Crippen LogP contribution in [0.15, 0.2) is 12.1 Å². The van der Waals surface area contributed by atoms with Crippen molar-refractivity contribution in [2.24, 2.45) is 0 Å². The zero-order valence-corrected chi connectivity index (χ0v) is 8.87. The molecule has 0 aliphatic rings. The molecule has 0 saturated heterocycles.